The van der Waals surface area contributed by atoms with E-state index in [-0.39, 0.29) is 0 Å². The molecule has 0 unspecified atom stereocenters. The average molecular weight is 207 g/mol. The Bertz CT molecular complexity index is 225. The minimum Gasteiger partial charge on any atom is -0.351 e. The van der Waals surface area contributed by atoms with E-state index < -0.39 is 0 Å². The van der Waals surface area contributed by atoms with Crippen molar-refractivity contribution in [2.75, 3.05) is 0 Å². The van der Waals surface area contributed by atoms with Gasteiger partial charge >= 0.3 is 0 Å². The second kappa shape index (κ2) is 7.56. The molecule has 1 nitrogen and oxygen atoms in total. The number of unbranched alkanes of at least 4 members (excludes halogenated alkanes) is 4. The van der Waals surface area contributed by atoms with E-state index in [2.05, 4.69) is 36.7 Å². The Hall–Kier alpha value is -0.720. The lowest BCUT2D eigenvalue weighted by atomic mass is 10.1. The number of aromatic nitrogens is 1. The van der Waals surface area contributed by atoms with E-state index in [1.807, 2.05) is 0 Å². The third-order valence-electron chi connectivity index (χ3n) is 2.96. The molecule has 0 aliphatic heterocycles. The smallest absolute Gasteiger partial charge is 0.0222 e. The summed E-state index contributed by atoms with van der Waals surface area (Å²) in [4.78, 5) is 0. The molecule has 0 N–H and O–H groups in total. The lowest BCUT2D eigenvalue weighted by molar-refractivity contribution is 0.576. The van der Waals surface area contributed by atoms with E-state index in [1.165, 1.54) is 57.2 Å². The lowest BCUT2D eigenvalue weighted by Crippen LogP contribution is -2.01. The molecule has 86 valence electrons. The van der Waals surface area contributed by atoms with Gasteiger partial charge in [0, 0.05) is 18.4 Å². The maximum absolute atomic E-state index is 2.44. The summed E-state index contributed by atoms with van der Waals surface area (Å²) in [6.45, 7) is 5.74. The van der Waals surface area contributed by atoms with Crippen LogP contribution in [-0.2, 0) is 13.0 Å². The summed E-state index contributed by atoms with van der Waals surface area (Å²) in [6, 6.07) is 4.47. The first-order chi connectivity index (χ1) is 7.38. The highest BCUT2D eigenvalue weighted by molar-refractivity contribution is 5.07. The molecule has 0 amide bonds. The summed E-state index contributed by atoms with van der Waals surface area (Å²) in [6.07, 6.45) is 11.5. The zero-order chi connectivity index (χ0) is 10.9. The lowest BCUT2D eigenvalue weighted by Gasteiger charge is -2.08. The molecular formula is C14H25N. The van der Waals surface area contributed by atoms with Gasteiger partial charge in [-0.1, -0.05) is 39.5 Å². The Balaban J connectivity index is 2.32. The van der Waals surface area contributed by atoms with Crippen molar-refractivity contribution in [1.82, 2.24) is 4.57 Å². The Morgan fingerprint density at radius 2 is 1.73 bits per heavy atom. The zero-order valence-corrected chi connectivity index (χ0v) is 10.3. The van der Waals surface area contributed by atoms with Crippen molar-refractivity contribution in [1.29, 1.82) is 0 Å². The summed E-state index contributed by atoms with van der Waals surface area (Å²) < 4.78 is 2.44. The second-order valence-electron chi connectivity index (χ2n) is 4.36. The van der Waals surface area contributed by atoms with Crippen LogP contribution in [0.4, 0.5) is 0 Å². The van der Waals surface area contributed by atoms with E-state index in [0.717, 1.165) is 0 Å². The minimum absolute atomic E-state index is 1.21. The van der Waals surface area contributed by atoms with Gasteiger partial charge in [0.05, 0.1) is 0 Å². The summed E-state index contributed by atoms with van der Waals surface area (Å²) in [5.41, 5.74) is 1.53. The SMILES string of the molecule is CCCCCc1cccn1CCCCC. The highest BCUT2D eigenvalue weighted by Crippen LogP contribution is 2.10. The molecule has 0 fully saturated rings. The van der Waals surface area contributed by atoms with Gasteiger partial charge in [-0.3, -0.25) is 0 Å². The Labute approximate surface area is 94.5 Å². The van der Waals surface area contributed by atoms with Crippen molar-refractivity contribution < 1.29 is 0 Å². The van der Waals surface area contributed by atoms with Crippen LogP contribution in [0.25, 0.3) is 0 Å². The fourth-order valence-electron chi connectivity index (χ4n) is 1.98. The van der Waals surface area contributed by atoms with Gasteiger partial charge in [-0.15, -0.1) is 0 Å². The van der Waals surface area contributed by atoms with E-state index in [0.29, 0.717) is 0 Å². The van der Waals surface area contributed by atoms with Gasteiger partial charge in [0.1, 0.15) is 0 Å². The molecule has 0 saturated carbocycles. The van der Waals surface area contributed by atoms with Crippen LogP contribution in [0.2, 0.25) is 0 Å². The van der Waals surface area contributed by atoms with Gasteiger partial charge in [-0.25, -0.2) is 0 Å². The van der Waals surface area contributed by atoms with Crippen molar-refractivity contribution in [3.05, 3.63) is 24.0 Å². The summed E-state index contributed by atoms with van der Waals surface area (Å²) in [7, 11) is 0. The third-order valence-corrected chi connectivity index (χ3v) is 2.96. The summed E-state index contributed by atoms with van der Waals surface area (Å²) >= 11 is 0. The van der Waals surface area contributed by atoms with Gasteiger partial charge in [-0.05, 0) is 31.4 Å². The molecule has 0 radical (unpaired) electrons. The van der Waals surface area contributed by atoms with Gasteiger partial charge in [0.2, 0.25) is 0 Å². The highest BCUT2D eigenvalue weighted by Gasteiger charge is 1.99. The average Bonchev–Trinajstić information content (AvgIpc) is 2.67. The second-order valence-corrected chi connectivity index (χ2v) is 4.36. The maximum atomic E-state index is 2.44. The standard InChI is InChI=1S/C14H25N/c1-3-5-7-10-14-11-9-13-15(14)12-8-6-4-2/h9,11,13H,3-8,10,12H2,1-2H3. The fourth-order valence-corrected chi connectivity index (χ4v) is 1.98. The first-order valence-corrected chi connectivity index (χ1v) is 6.52. The van der Waals surface area contributed by atoms with E-state index in [9.17, 15) is 0 Å². The summed E-state index contributed by atoms with van der Waals surface area (Å²) in [5.74, 6) is 0. The zero-order valence-electron chi connectivity index (χ0n) is 10.3. The molecule has 0 atom stereocenters. The van der Waals surface area contributed by atoms with Crippen LogP contribution >= 0.6 is 0 Å². The van der Waals surface area contributed by atoms with Crippen LogP contribution in [0.1, 0.15) is 58.1 Å². The molecule has 1 aromatic rings. The molecule has 15 heavy (non-hydrogen) atoms. The third kappa shape index (κ3) is 4.55. The largest absolute Gasteiger partial charge is 0.351 e. The Morgan fingerprint density at radius 1 is 1.00 bits per heavy atom. The predicted octanol–water partition coefficient (Wildman–Crippen LogP) is 4.41. The van der Waals surface area contributed by atoms with Gasteiger partial charge < -0.3 is 4.57 Å². The number of aryl methyl sites for hydroxylation is 2. The normalized spacial score (nSPS) is 10.8. The Morgan fingerprint density at radius 3 is 2.47 bits per heavy atom. The topological polar surface area (TPSA) is 4.93 Å². The van der Waals surface area contributed by atoms with Gasteiger partial charge in [0.25, 0.3) is 0 Å². The fraction of sp³-hybridized carbons (Fsp3) is 0.714. The van der Waals surface area contributed by atoms with Crippen LogP contribution < -0.4 is 0 Å². The molecule has 0 aliphatic rings. The van der Waals surface area contributed by atoms with Gasteiger partial charge in [0.15, 0.2) is 0 Å². The van der Waals surface area contributed by atoms with E-state index >= 15 is 0 Å². The van der Waals surface area contributed by atoms with Crippen molar-refractivity contribution in [3.63, 3.8) is 0 Å². The highest BCUT2D eigenvalue weighted by atomic mass is 15.0. The van der Waals surface area contributed by atoms with Crippen molar-refractivity contribution >= 4 is 0 Å². The van der Waals surface area contributed by atoms with Crippen LogP contribution in [-0.4, -0.2) is 4.57 Å². The van der Waals surface area contributed by atoms with Crippen LogP contribution in [0.5, 0.6) is 0 Å². The molecule has 1 heterocycles. The molecule has 0 saturated heterocycles. The van der Waals surface area contributed by atoms with E-state index in [1.54, 1.807) is 0 Å². The minimum atomic E-state index is 1.21. The Kier molecular flexibility index (Phi) is 6.22. The molecule has 1 rings (SSSR count). The van der Waals surface area contributed by atoms with E-state index in [4.69, 9.17) is 0 Å². The monoisotopic (exact) mass is 207 g/mol. The van der Waals surface area contributed by atoms with Gasteiger partial charge in [-0.2, -0.15) is 0 Å². The first-order valence-electron chi connectivity index (χ1n) is 6.52. The van der Waals surface area contributed by atoms with Crippen molar-refractivity contribution in [2.45, 2.75) is 65.3 Å². The van der Waals surface area contributed by atoms with Crippen LogP contribution in [0.3, 0.4) is 0 Å². The molecule has 0 spiro atoms. The summed E-state index contributed by atoms with van der Waals surface area (Å²) in [5, 5.41) is 0. The number of rotatable bonds is 8. The number of nitrogens with zero attached hydrogens (tertiary/aromatic N) is 1. The molecule has 0 aliphatic carbocycles. The number of hydrogen-bond donors (Lipinski definition) is 0. The van der Waals surface area contributed by atoms with Crippen molar-refractivity contribution in [3.8, 4) is 0 Å². The predicted molar refractivity (Wildman–Crippen MR) is 67.2 cm³/mol. The molecule has 1 heteroatoms. The van der Waals surface area contributed by atoms with Crippen molar-refractivity contribution in [2.24, 2.45) is 0 Å². The molecule has 0 aromatic carbocycles. The van der Waals surface area contributed by atoms with Crippen LogP contribution in [0.15, 0.2) is 18.3 Å². The van der Waals surface area contributed by atoms with Crippen LogP contribution in [0, 0.1) is 0 Å². The first kappa shape index (κ1) is 12.4. The maximum Gasteiger partial charge on any atom is 0.0222 e. The number of hydrogen-bond acceptors (Lipinski definition) is 0. The molecule has 0 bridgehead atoms. The quantitative estimate of drug-likeness (QED) is 0.556. The molecular weight excluding hydrogens is 182 g/mol. The molecule has 1 aromatic heterocycles.